The fourth-order valence-corrected chi connectivity index (χ4v) is 5.66. The highest BCUT2D eigenvalue weighted by Crippen LogP contribution is 2.43. The van der Waals surface area contributed by atoms with Crippen molar-refractivity contribution in [3.8, 4) is 5.69 Å². The second kappa shape index (κ2) is 6.69. The Kier molecular flexibility index (Phi) is 3.74. The Balaban J connectivity index is 1.79. The molecule has 0 aliphatic rings. The zero-order valence-corrected chi connectivity index (χ0v) is 18.7. The summed E-state index contributed by atoms with van der Waals surface area (Å²) in [5.74, 6) is 0. The average molecular weight is 426 g/mol. The van der Waals surface area contributed by atoms with Crippen LogP contribution in [0.5, 0.6) is 0 Å². The van der Waals surface area contributed by atoms with E-state index in [4.69, 9.17) is 0 Å². The second-order valence-corrected chi connectivity index (χ2v) is 9.06. The van der Waals surface area contributed by atoms with E-state index in [0.717, 1.165) is 5.69 Å². The van der Waals surface area contributed by atoms with Crippen LogP contribution in [0.1, 0.15) is 19.9 Å². The van der Waals surface area contributed by atoms with Gasteiger partial charge in [-0.3, -0.25) is 4.98 Å². The number of aromatic nitrogens is 3. The summed E-state index contributed by atoms with van der Waals surface area (Å²) in [6.45, 7) is 4.57. The van der Waals surface area contributed by atoms with Crippen LogP contribution in [0.15, 0.2) is 97.3 Å². The third-order valence-corrected chi connectivity index (χ3v) is 6.91. The molecule has 0 bridgehead atoms. The van der Waals surface area contributed by atoms with Gasteiger partial charge in [0.2, 0.25) is 0 Å². The zero-order valence-electron chi connectivity index (χ0n) is 18.7. The van der Waals surface area contributed by atoms with Gasteiger partial charge in [-0.15, -0.1) is 0 Å². The number of hydrogen-bond acceptors (Lipinski definition) is 1. The molecule has 0 saturated carbocycles. The van der Waals surface area contributed by atoms with E-state index in [9.17, 15) is 0 Å². The van der Waals surface area contributed by atoms with Crippen LogP contribution in [0.3, 0.4) is 0 Å². The van der Waals surface area contributed by atoms with Crippen LogP contribution in [0.2, 0.25) is 0 Å². The molecule has 0 aliphatic carbocycles. The van der Waals surface area contributed by atoms with E-state index in [0.29, 0.717) is 6.04 Å². The van der Waals surface area contributed by atoms with Crippen molar-refractivity contribution < 1.29 is 0 Å². The summed E-state index contributed by atoms with van der Waals surface area (Å²) in [7, 11) is 0. The highest BCUT2D eigenvalue weighted by Gasteiger charge is 2.21. The standard InChI is InChI=1S/C30H23N3/c1-19(2)32-26-15-13-20-8-3-4-10-22(20)28(26)24-14-16-27-29(30(24)32)23-11-5-6-12-25(23)33(27)21-9-7-17-31-18-21/h3-19H,1-2H3. The lowest BCUT2D eigenvalue weighted by molar-refractivity contribution is 0.643. The highest BCUT2D eigenvalue weighted by molar-refractivity contribution is 6.29. The Hall–Kier alpha value is -4.11. The van der Waals surface area contributed by atoms with E-state index in [1.807, 2.05) is 18.5 Å². The van der Waals surface area contributed by atoms with Crippen LogP contribution in [-0.2, 0) is 0 Å². The molecule has 3 aromatic heterocycles. The van der Waals surface area contributed by atoms with Gasteiger partial charge < -0.3 is 9.13 Å². The fourth-order valence-electron chi connectivity index (χ4n) is 5.66. The molecule has 0 spiro atoms. The number of rotatable bonds is 2. The van der Waals surface area contributed by atoms with E-state index in [1.54, 1.807) is 0 Å². The number of para-hydroxylation sites is 1. The Morgan fingerprint density at radius 3 is 2.24 bits per heavy atom. The van der Waals surface area contributed by atoms with E-state index in [-0.39, 0.29) is 0 Å². The summed E-state index contributed by atoms with van der Waals surface area (Å²) >= 11 is 0. The molecule has 0 N–H and O–H groups in total. The van der Waals surface area contributed by atoms with Crippen molar-refractivity contribution in [2.24, 2.45) is 0 Å². The number of nitrogens with zero attached hydrogens (tertiary/aromatic N) is 3. The lowest BCUT2D eigenvalue weighted by Crippen LogP contribution is -2.00. The summed E-state index contributed by atoms with van der Waals surface area (Å²) in [6, 6.07) is 31.1. The van der Waals surface area contributed by atoms with Crippen molar-refractivity contribution in [1.82, 2.24) is 14.1 Å². The molecular formula is C30H23N3. The average Bonchev–Trinajstić information content (AvgIpc) is 3.37. The Labute approximate surface area is 191 Å². The van der Waals surface area contributed by atoms with Crippen LogP contribution >= 0.6 is 0 Å². The first-order valence-electron chi connectivity index (χ1n) is 11.5. The number of hydrogen-bond donors (Lipinski definition) is 0. The molecule has 0 aliphatic heterocycles. The molecule has 4 aromatic carbocycles. The fraction of sp³-hybridized carbons (Fsp3) is 0.100. The molecule has 0 unspecified atom stereocenters. The molecule has 3 nitrogen and oxygen atoms in total. The topological polar surface area (TPSA) is 22.8 Å². The van der Waals surface area contributed by atoms with Crippen LogP contribution < -0.4 is 0 Å². The summed E-state index contributed by atoms with van der Waals surface area (Å²) < 4.78 is 4.87. The molecule has 0 saturated heterocycles. The molecule has 7 rings (SSSR count). The summed E-state index contributed by atoms with van der Waals surface area (Å²) in [6.07, 6.45) is 3.78. The van der Waals surface area contributed by atoms with Gasteiger partial charge in [-0.25, -0.2) is 0 Å². The summed E-state index contributed by atoms with van der Waals surface area (Å²) in [5.41, 5.74) is 6.11. The van der Waals surface area contributed by atoms with Gasteiger partial charge in [-0.1, -0.05) is 54.6 Å². The van der Waals surface area contributed by atoms with Gasteiger partial charge in [0.05, 0.1) is 28.4 Å². The van der Waals surface area contributed by atoms with Crippen molar-refractivity contribution in [2.45, 2.75) is 19.9 Å². The highest BCUT2D eigenvalue weighted by atomic mass is 15.0. The molecule has 7 aromatic rings. The van der Waals surface area contributed by atoms with Crippen molar-refractivity contribution in [3.05, 3.63) is 97.3 Å². The third-order valence-electron chi connectivity index (χ3n) is 6.91. The van der Waals surface area contributed by atoms with Gasteiger partial charge in [0, 0.05) is 39.3 Å². The van der Waals surface area contributed by atoms with Crippen LogP contribution in [0.25, 0.3) is 60.1 Å². The number of fused-ring (bicyclic) bond motifs is 9. The Morgan fingerprint density at radius 2 is 1.42 bits per heavy atom. The maximum atomic E-state index is 4.41. The third kappa shape index (κ3) is 2.42. The van der Waals surface area contributed by atoms with Crippen LogP contribution in [0.4, 0.5) is 0 Å². The van der Waals surface area contributed by atoms with Crippen molar-refractivity contribution in [1.29, 1.82) is 0 Å². The normalized spacial score (nSPS) is 12.2. The zero-order chi connectivity index (χ0) is 22.1. The first-order valence-corrected chi connectivity index (χ1v) is 11.5. The summed E-state index contributed by atoms with van der Waals surface area (Å²) in [4.78, 5) is 4.41. The minimum atomic E-state index is 0.331. The minimum Gasteiger partial charge on any atom is -0.337 e. The lowest BCUT2D eigenvalue weighted by Gasteiger charge is -2.13. The van der Waals surface area contributed by atoms with Gasteiger partial charge in [-0.2, -0.15) is 0 Å². The molecule has 0 radical (unpaired) electrons. The molecule has 0 atom stereocenters. The monoisotopic (exact) mass is 425 g/mol. The van der Waals surface area contributed by atoms with E-state index >= 15 is 0 Å². The maximum absolute atomic E-state index is 4.41. The van der Waals surface area contributed by atoms with Crippen molar-refractivity contribution in [3.63, 3.8) is 0 Å². The summed E-state index contributed by atoms with van der Waals surface area (Å²) in [5, 5.41) is 7.84. The molecule has 3 heteroatoms. The number of benzene rings is 4. The Morgan fingerprint density at radius 1 is 0.636 bits per heavy atom. The predicted octanol–water partition coefficient (Wildman–Crippen LogP) is 8.02. The molecule has 3 heterocycles. The minimum absolute atomic E-state index is 0.331. The van der Waals surface area contributed by atoms with Crippen molar-refractivity contribution >= 4 is 54.4 Å². The smallest absolute Gasteiger partial charge is 0.0645 e. The second-order valence-electron chi connectivity index (χ2n) is 9.06. The van der Waals surface area contributed by atoms with Gasteiger partial charge in [0.25, 0.3) is 0 Å². The van der Waals surface area contributed by atoms with E-state index in [1.165, 1.54) is 54.4 Å². The van der Waals surface area contributed by atoms with Gasteiger partial charge in [-0.05, 0) is 55.0 Å². The predicted molar refractivity (Wildman–Crippen MR) is 139 cm³/mol. The first kappa shape index (κ1) is 18.5. The Bertz CT molecular complexity index is 1840. The van der Waals surface area contributed by atoms with E-state index in [2.05, 4.69) is 107 Å². The molecular weight excluding hydrogens is 402 g/mol. The van der Waals surface area contributed by atoms with Crippen LogP contribution in [-0.4, -0.2) is 14.1 Å². The molecule has 0 amide bonds. The van der Waals surface area contributed by atoms with Gasteiger partial charge in [0.15, 0.2) is 0 Å². The molecule has 0 fully saturated rings. The first-order chi connectivity index (χ1) is 16.2. The quantitative estimate of drug-likeness (QED) is 0.275. The van der Waals surface area contributed by atoms with Gasteiger partial charge >= 0.3 is 0 Å². The largest absolute Gasteiger partial charge is 0.337 e. The molecule has 158 valence electrons. The SMILES string of the molecule is CC(C)n1c2ccc3ccccc3c2c2ccc3c(c4ccccc4n3-c3cccnc3)c21. The van der Waals surface area contributed by atoms with Crippen molar-refractivity contribution in [2.75, 3.05) is 0 Å². The number of pyridine rings is 1. The van der Waals surface area contributed by atoms with E-state index < -0.39 is 0 Å². The van der Waals surface area contributed by atoms with Crippen LogP contribution in [0, 0.1) is 0 Å². The molecule has 33 heavy (non-hydrogen) atoms. The van der Waals surface area contributed by atoms with Gasteiger partial charge in [0.1, 0.15) is 0 Å². The maximum Gasteiger partial charge on any atom is 0.0645 e. The lowest BCUT2D eigenvalue weighted by atomic mass is 10.0.